The van der Waals surface area contributed by atoms with E-state index in [4.69, 9.17) is 16.3 Å². The van der Waals surface area contributed by atoms with E-state index >= 15 is 0 Å². The molecule has 1 rings (SSSR count). The lowest BCUT2D eigenvalue weighted by molar-refractivity contribution is 0.158. The summed E-state index contributed by atoms with van der Waals surface area (Å²) in [5.41, 5.74) is 1.38. The summed E-state index contributed by atoms with van der Waals surface area (Å²) in [4.78, 5) is 16.5. The van der Waals surface area contributed by atoms with E-state index in [0.717, 1.165) is 5.69 Å². The molecule has 0 atom stereocenters. The second kappa shape index (κ2) is 7.38. The topological polar surface area (TPSA) is 56.1 Å². The predicted octanol–water partition coefficient (Wildman–Crippen LogP) is 1.32. The zero-order chi connectivity index (χ0) is 13.5. The highest BCUT2D eigenvalue weighted by Crippen LogP contribution is 2.06. The standard InChI is InChI=1S/C12H20ClN3O2/c1-4-18-8-7-14-12-15-9(2)10(5-6-13)11(17)16(12)3/h4-8H2,1-3H3,(H,14,15). The van der Waals surface area contributed by atoms with E-state index in [1.165, 1.54) is 4.57 Å². The summed E-state index contributed by atoms with van der Waals surface area (Å²) in [6.07, 6.45) is 0.548. The Morgan fingerprint density at radius 3 is 2.83 bits per heavy atom. The zero-order valence-corrected chi connectivity index (χ0v) is 11.9. The molecule has 0 bridgehead atoms. The Balaban J connectivity index is 2.85. The fourth-order valence-electron chi connectivity index (χ4n) is 1.67. The molecule has 0 unspecified atom stereocenters. The van der Waals surface area contributed by atoms with Crippen LogP contribution in [-0.2, 0) is 18.2 Å². The lowest BCUT2D eigenvalue weighted by atomic mass is 10.2. The Labute approximate surface area is 112 Å². The van der Waals surface area contributed by atoms with Crippen molar-refractivity contribution >= 4 is 17.5 Å². The summed E-state index contributed by atoms with van der Waals surface area (Å²) >= 11 is 5.68. The van der Waals surface area contributed by atoms with E-state index in [2.05, 4.69) is 10.3 Å². The third-order valence-corrected chi connectivity index (χ3v) is 2.86. The van der Waals surface area contributed by atoms with Crippen LogP contribution in [0.4, 0.5) is 5.95 Å². The summed E-state index contributed by atoms with van der Waals surface area (Å²) in [7, 11) is 1.70. The van der Waals surface area contributed by atoms with E-state index in [-0.39, 0.29) is 5.56 Å². The van der Waals surface area contributed by atoms with Crippen molar-refractivity contribution in [3.8, 4) is 0 Å². The smallest absolute Gasteiger partial charge is 0.258 e. The molecule has 1 heterocycles. The zero-order valence-electron chi connectivity index (χ0n) is 11.1. The highest BCUT2D eigenvalue weighted by Gasteiger charge is 2.10. The van der Waals surface area contributed by atoms with Gasteiger partial charge in [-0.3, -0.25) is 9.36 Å². The van der Waals surface area contributed by atoms with E-state index in [1.807, 2.05) is 13.8 Å². The molecule has 0 aliphatic rings. The van der Waals surface area contributed by atoms with Crippen LogP contribution < -0.4 is 10.9 Å². The molecule has 0 aliphatic heterocycles. The van der Waals surface area contributed by atoms with Gasteiger partial charge in [0.25, 0.3) is 5.56 Å². The first kappa shape index (κ1) is 15.0. The summed E-state index contributed by atoms with van der Waals surface area (Å²) in [5, 5.41) is 3.09. The largest absolute Gasteiger partial charge is 0.380 e. The second-order valence-corrected chi connectivity index (χ2v) is 4.30. The SMILES string of the molecule is CCOCCNc1nc(C)c(CCCl)c(=O)n1C. The highest BCUT2D eigenvalue weighted by atomic mass is 35.5. The molecule has 0 aliphatic carbocycles. The van der Waals surface area contributed by atoms with Gasteiger partial charge in [0.15, 0.2) is 0 Å². The minimum atomic E-state index is -0.0398. The van der Waals surface area contributed by atoms with Gasteiger partial charge in [0, 0.05) is 37.3 Å². The maximum absolute atomic E-state index is 12.1. The van der Waals surface area contributed by atoms with Crippen molar-refractivity contribution in [1.29, 1.82) is 0 Å². The quantitative estimate of drug-likeness (QED) is 0.601. The third-order valence-electron chi connectivity index (χ3n) is 2.67. The number of nitrogens with zero attached hydrogens (tertiary/aromatic N) is 2. The number of halogens is 1. The molecule has 6 heteroatoms. The van der Waals surface area contributed by atoms with E-state index < -0.39 is 0 Å². The molecular formula is C12H20ClN3O2. The first-order chi connectivity index (χ1) is 8.61. The van der Waals surface area contributed by atoms with Crippen molar-refractivity contribution in [2.75, 3.05) is 31.0 Å². The fourth-order valence-corrected chi connectivity index (χ4v) is 1.86. The van der Waals surface area contributed by atoms with E-state index in [0.29, 0.717) is 43.6 Å². The van der Waals surface area contributed by atoms with Crippen molar-refractivity contribution in [3.63, 3.8) is 0 Å². The Morgan fingerprint density at radius 2 is 2.22 bits per heavy atom. The molecule has 1 aromatic rings. The lowest BCUT2D eigenvalue weighted by Crippen LogP contribution is -2.28. The maximum atomic E-state index is 12.1. The van der Waals surface area contributed by atoms with Gasteiger partial charge in [0.2, 0.25) is 5.95 Å². The Morgan fingerprint density at radius 1 is 1.50 bits per heavy atom. The number of hydrogen-bond acceptors (Lipinski definition) is 4. The number of aromatic nitrogens is 2. The van der Waals surface area contributed by atoms with Crippen LogP contribution >= 0.6 is 11.6 Å². The number of aryl methyl sites for hydroxylation is 1. The normalized spacial score (nSPS) is 10.7. The van der Waals surface area contributed by atoms with Crippen LogP contribution in [0.3, 0.4) is 0 Å². The van der Waals surface area contributed by atoms with E-state index in [9.17, 15) is 4.79 Å². The van der Waals surface area contributed by atoms with Gasteiger partial charge in [-0.25, -0.2) is 4.98 Å². The van der Waals surface area contributed by atoms with Crippen LogP contribution in [0.2, 0.25) is 0 Å². The monoisotopic (exact) mass is 273 g/mol. The highest BCUT2D eigenvalue weighted by molar-refractivity contribution is 6.17. The minimum Gasteiger partial charge on any atom is -0.380 e. The van der Waals surface area contributed by atoms with Crippen molar-refractivity contribution < 1.29 is 4.74 Å². The van der Waals surface area contributed by atoms with Gasteiger partial charge in [-0.05, 0) is 20.3 Å². The van der Waals surface area contributed by atoms with Crippen molar-refractivity contribution in [1.82, 2.24) is 9.55 Å². The van der Waals surface area contributed by atoms with Gasteiger partial charge in [0.05, 0.1) is 6.61 Å². The molecule has 0 fully saturated rings. The molecule has 0 aromatic carbocycles. The van der Waals surface area contributed by atoms with Crippen LogP contribution in [-0.4, -0.2) is 35.2 Å². The fraction of sp³-hybridized carbons (Fsp3) is 0.667. The van der Waals surface area contributed by atoms with Crippen molar-refractivity contribution in [2.24, 2.45) is 7.05 Å². The number of hydrogen-bond donors (Lipinski definition) is 1. The average molecular weight is 274 g/mol. The summed E-state index contributed by atoms with van der Waals surface area (Å²) < 4.78 is 6.74. The minimum absolute atomic E-state index is 0.0398. The molecule has 1 N–H and O–H groups in total. The van der Waals surface area contributed by atoms with Crippen molar-refractivity contribution in [2.45, 2.75) is 20.3 Å². The first-order valence-corrected chi connectivity index (χ1v) is 6.59. The number of rotatable bonds is 7. The van der Waals surface area contributed by atoms with Crippen LogP contribution in [0.25, 0.3) is 0 Å². The molecule has 0 amide bonds. The molecule has 18 heavy (non-hydrogen) atoms. The van der Waals surface area contributed by atoms with Gasteiger partial charge in [-0.2, -0.15) is 0 Å². The average Bonchev–Trinajstić information content (AvgIpc) is 2.36. The molecule has 0 saturated heterocycles. The lowest BCUT2D eigenvalue weighted by Gasteiger charge is -2.13. The molecular weight excluding hydrogens is 254 g/mol. The van der Waals surface area contributed by atoms with Crippen molar-refractivity contribution in [3.05, 3.63) is 21.6 Å². The van der Waals surface area contributed by atoms with Gasteiger partial charge >= 0.3 is 0 Å². The predicted molar refractivity (Wildman–Crippen MR) is 73.6 cm³/mol. The van der Waals surface area contributed by atoms with Crippen LogP contribution in [0.5, 0.6) is 0 Å². The Kier molecular flexibility index (Phi) is 6.15. The molecule has 0 saturated carbocycles. The summed E-state index contributed by atoms with van der Waals surface area (Å²) in [6, 6.07) is 0. The molecule has 102 valence electrons. The van der Waals surface area contributed by atoms with Crippen LogP contribution in [0.15, 0.2) is 4.79 Å². The molecule has 0 radical (unpaired) electrons. The van der Waals surface area contributed by atoms with Gasteiger partial charge < -0.3 is 10.1 Å². The number of alkyl halides is 1. The molecule has 1 aromatic heterocycles. The third kappa shape index (κ3) is 3.71. The number of ether oxygens (including phenoxy) is 1. The Bertz CT molecular complexity index is 446. The number of nitrogens with one attached hydrogen (secondary N) is 1. The van der Waals surface area contributed by atoms with E-state index in [1.54, 1.807) is 7.05 Å². The van der Waals surface area contributed by atoms with Gasteiger partial charge in [0.1, 0.15) is 0 Å². The molecule has 0 spiro atoms. The second-order valence-electron chi connectivity index (χ2n) is 3.93. The molecule has 5 nitrogen and oxygen atoms in total. The van der Waals surface area contributed by atoms with Crippen LogP contribution in [0.1, 0.15) is 18.2 Å². The first-order valence-electron chi connectivity index (χ1n) is 6.05. The Hall–Kier alpha value is -1.07. The van der Waals surface area contributed by atoms with Gasteiger partial charge in [-0.1, -0.05) is 0 Å². The van der Waals surface area contributed by atoms with Gasteiger partial charge in [-0.15, -0.1) is 11.6 Å². The summed E-state index contributed by atoms with van der Waals surface area (Å²) in [6.45, 7) is 5.68. The number of anilines is 1. The maximum Gasteiger partial charge on any atom is 0.258 e. The van der Waals surface area contributed by atoms with Crippen LogP contribution in [0, 0.1) is 6.92 Å². The summed E-state index contributed by atoms with van der Waals surface area (Å²) in [5.74, 6) is 0.991.